The van der Waals surface area contributed by atoms with Gasteiger partial charge in [-0.15, -0.1) is 0 Å². The molecule has 0 heterocycles. The van der Waals surface area contributed by atoms with Gasteiger partial charge in [-0.1, -0.05) is 23.2 Å². The van der Waals surface area contributed by atoms with E-state index < -0.39 is 30.1 Å². The maximum absolute atomic E-state index is 11.7. The molecule has 0 aliphatic carbocycles. The standard InChI is InChI=1S/C11H8Cl2O5/c12-7-2-1-5(3-8(7)13)9(14)4-6(10(15)16)11(17)18/h1-3,6H,4H2,(H,15,16)(H,17,18). The molecule has 0 aromatic heterocycles. The van der Waals surface area contributed by atoms with Gasteiger partial charge in [0, 0.05) is 12.0 Å². The molecule has 0 unspecified atom stereocenters. The monoisotopic (exact) mass is 290 g/mol. The van der Waals surface area contributed by atoms with Crippen LogP contribution in [0.5, 0.6) is 0 Å². The minimum absolute atomic E-state index is 0.122. The summed E-state index contributed by atoms with van der Waals surface area (Å²) in [4.78, 5) is 33.0. The Bertz CT molecular complexity index is 498. The van der Waals surface area contributed by atoms with Crippen molar-refractivity contribution in [3.8, 4) is 0 Å². The highest BCUT2D eigenvalue weighted by molar-refractivity contribution is 6.42. The Balaban J connectivity index is 2.90. The summed E-state index contributed by atoms with van der Waals surface area (Å²) in [5, 5.41) is 17.7. The van der Waals surface area contributed by atoms with Gasteiger partial charge >= 0.3 is 11.9 Å². The molecule has 5 nitrogen and oxygen atoms in total. The number of halogens is 2. The first-order valence-corrected chi connectivity index (χ1v) is 5.52. The van der Waals surface area contributed by atoms with Crippen molar-refractivity contribution in [2.75, 3.05) is 0 Å². The van der Waals surface area contributed by atoms with Crippen molar-refractivity contribution in [3.63, 3.8) is 0 Å². The van der Waals surface area contributed by atoms with Crippen LogP contribution in [0.25, 0.3) is 0 Å². The fourth-order valence-corrected chi connectivity index (χ4v) is 1.55. The van der Waals surface area contributed by atoms with Crippen molar-refractivity contribution in [1.82, 2.24) is 0 Å². The molecule has 18 heavy (non-hydrogen) atoms. The van der Waals surface area contributed by atoms with Crippen LogP contribution in [0.15, 0.2) is 18.2 Å². The van der Waals surface area contributed by atoms with Crippen molar-refractivity contribution in [2.45, 2.75) is 6.42 Å². The second-order valence-electron chi connectivity index (χ2n) is 3.49. The molecule has 0 radical (unpaired) electrons. The maximum atomic E-state index is 11.7. The molecule has 0 atom stereocenters. The van der Waals surface area contributed by atoms with Gasteiger partial charge in [0.1, 0.15) is 0 Å². The first-order valence-electron chi connectivity index (χ1n) is 4.76. The van der Waals surface area contributed by atoms with Gasteiger partial charge in [-0.25, -0.2) is 0 Å². The summed E-state index contributed by atoms with van der Waals surface area (Å²) >= 11 is 11.4. The third kappa shape index (κ3) is 3.45. The van der Waals surface area contributed by atoms with E-state index in [1.54, 1.807) is 0 Å². The number of hydrogen-bond donors (Lipinski definition) is 2. The SMILES string of the molecule is O=C(CC(C(=O)O)C(=O)O)c1ccc(Cl)c(Cl)c1. The lowest BCUT2D eigenvalue weighted by molar-refractivity contribution is -0.154. The molecule has 0 aliphatic rings. The zero-order valence-corrected chi connectivity index (χ0v) is 10.4. The van der Waals surface area contributed by atoms with Gasteiger partial charge in [0.2, 0.25) is 0 Å². The van der Waals surface area contributed by atoms with Gasteiger partial charge in [0.15, 0.2) is 11.7 Å². The van der Waals surface area contributed by atoms with E-state index in [9.17, 15) is 14.4 Å². The van der Waals surface area contributed by atoms with Crippen molar-refractivity contribution < 1.29 is 24.6 Å². The van der Waals surface area contributed by atoms with Gasteiger partial charge in [0.05, 0.1) is 10.0 Å². The van der Waals surface area contributed by atoms with Gasteiger partial charge in [-0.05, 0) is 18.2 Å². The quantitative estimate of drug-likeness (QED) is 0.641. The van der Waals surface area contributed by atoms with Gasteiger partial charge in [-0.2, -0.15) is 0 Å². The van der Waals surface area contributed by atoms with E-state index in [0.29, 0.717) is 0 Å². The van der Waals surface area contributed by atoms with E-state index >= 15 is 0 Å². The van der Waals surface area contributed by atoms with Crippen molar-refractivity contribution in [3.05, 3.63) is 33.8 Å². The lowest BCUT2D eigenvalue weighted by Crippen LogP contribution is -2.26. The summed E-state index contributed by atoms with van der Waals surface area (Å²) in [5.41, 5.74) is 0.122. The number of benzene rings is 1. The van der Waals surface area contributed by atoms with Crippen molar-refractivity contribution in [2.24, 2.45) is 5.92 Å². The number of carbonyl (C=O) groups is 3. The maximum Gasteiger partial charge on any atom is 0.318 e. The molecule has 2 N–H and O–H groups in total. The Morgan fingerprint density at radius 2 is 1.61 bits per heavy atom. The van der Waals surface area contributed by atoms with Gasteiger partial charge in [0.25, 0.3) is 0 Å². The van der Waals surface area contributed by atoms with E-state index in [-0.39, 0.29) is 15.6 Å². The average molecular weight is 291 g/mol. The molecule has 0 saturated carbocycles. The summed E-state index contributed by atoms with van der Waals surface area (Å²) in [6.07, 6.45) is -0.636. The largest absolute Gasteiger partial charge is 0.481 e. The second kappa shape index (κ2) is 5.84. The van der Waals surface area contributed by atoms with Crippen LogP contribution in [-0.2, 0) is 9.59 Å². The molecule has 0 fully saturated rings. The predicted octanol–water partition coefficient (Wildman–Crippen LogP) is 2.35. The minimum atomic E-state index is -1.77. The molecule has 0 spiro atoms. The highest BCUT2D eigenvalue weighted by Gasteiger charge is 2.29. The molecular weight excluding hydrogens is 283 g/mol. The molecule has 96 valence electrons. The Labute approximate surface area is 112 Å². The Morgan fingerprint density at radius 1 is 1.06 bits per heavy atom. The number of Topliss-reactive ketones (excluding diaryl/α,β-unsaturated/α-hetero) is 1. The molecule has 0 aliphatic heterocycles. The van der Waals surface area contributed by atoms with Crippen LogP contribution in [0.2, 0.25) is 10.0 Å². The van der Waals surface area contributed by atoms with E-state index in [1.165, 1.54) is 18.2 Å². The highest BCUT2D eigenvalue weighted by Crippen LogP contribution is 2.23. The number of carboxylic acids is 2. The summed E-state index contributed by atoms with van der Waals surface area (Å²) in [6.45, 7) is 0. The normalized spacial score (nSPS) is 10.4. The van der Waals surface area contributed by atoms with Crippen LogP contribution in [0.4, 0.5) is 0 Å². The molecule has 0 saturated heterocycles. The molecular formula is C11H8Cl2O5. The molecule has 7 heteroatoms. The lowest BCUT2D eigenvalue weighted by atomic mass is 9.98. The first-order chi connectivity index (χ1) is 8.32. The van der Waals surface area contributed by atoms with Crippen LogP contribution < -0.4 is 0 Å². The predicted molar refractivity (Wildman–Crippen MR) is 64.2 cm³/mol. The fourth-order valence-electron chi connectivity index (χ4n) is 1.25. The number of carbonyl (C=O) groups excluding carboxylic acids is 1. The summed E-state index contributed by atoms with van der Waals surface area (Å²) in [5.74, 6) is -5.51. The topological polar surface area (TPSA) is 91.7 Å². The average Bonchev–Trinajstić information content (AvgIpc) is 2.28. The van der Waals surface area contributed by atoms with Crippen molar-refractivity contribution in [1.29, 1.82) is 0 Å². The summed E-state index contributed by atoms with van der Waals surface area (Å²) < 4.78 is 0. The number of rotatable bonds is 5. The number of hydrogen-bond acceptors (Lipinski definition) is 3. The Morgan fingerprint density at radius 3 is 2.06 bits per heavy atom. The van der Waals surface area contributed by atoms with Crippen LogP contribution in [0, 0.1) is 5.92 Å². The summed E-state index contributed by atoms with van der Waals surface area (Å²) in [7, 11) is 0. The van der Waals surface area contributed by atoms with Gasteiger partial charge < -0.3 is 10.2 Å². The minimum Gasteiger partial charge on any atom is -0.481 e. The van der Waals surface area contributed by atoms with Crippen LogP contribution in [0.3, 0.4) is 0 Å². The Kier molecular flexibility index (Phi) is 4.69. The molecule has 1 rings (SSSR count). The zero-order chi connectivity index (χ0) is 13.9. The molecule has 0 bridgehead atoms. The van der Waals surface area contributed by atoms with E-state index in [4.69, 9.17) is 33.4 Å². The van der Waals surface area contributed by atoms with Crippen LogP contribution in [-0.4, -0.2) is 27.9 Å². The van der Waals surface area contributed by atoms with Crippen LogP contribution >= 0.6 is 23.2 Å². The highest BCUT2D eigenvalue weighted by atomic mass is 35.5. The zero-order valence-electron chi connectivity index (χ0n) is 8.89. The van der Waals surface area contributed by atoms with Crippen molar-refractivity contribution >= 4 is 40.9 Å². The third-order valence-corrected chi connectivity index (χ3v) is 2.97. The van der Waals surface area contributed by atoms with Crippen LogP contribution in [0.1, 0.15) is 16.8 Å². The van der Waals surface area contributed by atoms with Gasteiger partial charge in [-0.3, -0.25) is 14.4 Å². The molecule has 1 aromatic carbocycles. The van der Waals surface area contributed by atoms with E-state index in [0.717, 1.165) is 0 Å². The second-order valence-corrected chi connectivity index (χ2v) is 4.30. The fraction of sp³-hybridized carbons (Fsp3) is 0.182. The first kappa shape index (κ1) is 14.5. The smallest absolute Gasteiger partial charge is 0.318 e. The lowest BCUT2D eigenvalue weighted by Gasteiger charge is -2.07. The summed E-state index contributed by atoms with van der Waals surface area (Å²) in [6, 6.07) is 4.01. The number of ketones is 1. The van der Waals surface area contributed by atoms with E-state index in [2.05, 4.69) is 0 Å². The number of carboxylic acid groups (broad SMARTS) is 2. The Hall–Kier alpha value is -1.59. The number of aliphatic carboxylic acids is 2. The molecule has 0 amide bonds. The van der Waals surface area contributed by atoms with E-state index in [1.807, 2.05) is 0 Å². The third-order valence-electron chi connectivity index (χ3n) is 2.23. The molecule has 1 aromatic rings.